The molecule has 2 rings (SSSR count). The van der Waals surface area contributed by atoms with E-state index in [0.717, 1.165) is 16.0 Å². The molecule has 0 aliphatic heterocycles. The minimum Gasteiger partial charge on any atom is -0.496 e. The van der Waals surface area contributed by atoms with E-state index in [1.807, 2.05) is 31.2 Å². The predicted molar refractivity (Wildman–Crippen MR) is 68.0 cm³/mol. The van der Waals surface area contributed by atoms with Crippen LogP contribution in [0.25, 0.3) is 11.1 Å². The second kappa shape index (κ2) is 4.59. The summed E-state index contributed by atoms with van der Waals surface area (Å²) in [6.45, 7) is 1.92. The number of para-hydroxylation sites is 1. The molecule has 0 saturated heterocycles. The quantitative estimate of drug-likeness (QED) is 0.905. The van der Waals surface area contributed by atoms with Gasteiger partial charge in [0.1, 0.15) is 5.75 Å². The molecule has 3 nitrogen and oxygen atoms in total. The van der Waals surface area contributed by atoms with Crippen molar-refractivity contribution in [3.63, 3.8) is 0 Å². The summed E-state index contributed by atoms with van der Waals surface area (Å²) in [6, 6.07) is 7.45. The second-order valence-corrected chi connectivity index (χ2v) is 4.67. The lowest BCUT2D eigenvalue weighted by Crippen LogP contribution is -1.98. The number of hydrogen-bond donors (Lipinski definition) is 1. The van der Waals surface area contributed by atoms with Crippen LogP contribution in [0.2, 0.25) is 0 Å². The summed E-state index contributed by atoms with van der Waals surface area (Å²) in [5, 5.41) is 10.8. The first-order valence-corrected chi connectivity index (χ1v) is 5.98. The number of methoxy groups -OCH3 is 1. The van der Waals surface area contributed by atoms with E-state index < -0.39 is 5.97 Å². The first kappa shape index (κ1) is 11.7. The lowest BCUT2D eigenvalue weighted by Gasteiger charge is -2.09. The van der Waals surface area contributed by atoms with E-state index in [1.165, 1.54) is 11.3 Å². The number of aryl methyl sites for hydroxylation is 1. The highest BCUT2D eigenvalue weighted by atomic mass is 32.1. The lowest BCUT2D eigenvalue weighted by molar-refractivity contribution is 0.0698. The Bertz CT molecular complexity index is 558. The highest BCUT2D eigenvalue weighted by Crippen LogP contribution is 2.37. The van der Waals surface area contributed by atoms with Crippen LogP contribution in [-0.2, 0) is 0 Å². The number of rotatable bonds is 3. The fourth-order valence-corrected chi connectivity index (χ4v) is 2.65. The number of benzene rings is 1. The second-order valence-electron chi connectivity index (χ2n) is 3.59. The Morgan fingerprint density at radius 1 is 1.35 bits per heavy atom. The van der Waals surface area contributed by atoms with Crippen molar-refractivity contribution in [2.45, 2.75) is 6.92 Å². The highest BCUT2D eigenvalue weighted by Gasteiger charge is 2.18. The fraction of sp³-hybridized carbons (Fsp3) is 0.154. The van der Waals surface area contributed by atoms with Crippen LogP contribution in [0.1, 0.15) is 15.2 Å². The van der Waals surface area contributed by atoms with Crippen LogP contribution in [0.3, 0.4) is 0 Å². The fourth-order valence-electron chi connectivity index (χ4n) is 1.80. The van der Waals surface area contributed by atoms with E-state index in [9.17, 15) is 4.79 Å². The molecule has 0 radical (unpaired) electrons. The zero-order chi connectivity index (χ0) is 12.4. The Kier molecular flexibility index (Phi) is 3.15. The average molecular weight is 248 g/mol. The molecule has 0 bridgehead atoms. The molecule has 0 fully saturated rings. The van der Waals surface area contributed by atoms with Crippen LogP contribution in [0.5, 0.6) is 5.75 Å². The number of hydrogen-bond acceptors (Lipinski definition) is 3. The largest absolute Gasteiger partial charge is 0.496 e. The maximum absolute atomic E-state index is 11.2. The third kappa shape index (κ3) is 2.03. The average Bonchev–Trinajstić information content (AvgIpc) is 2.71. The SMILES string of the molecule is COc1ccccc1-c1c(C(=O)O)csc1C. The van der Waals surface area contributed by atoms with E-state index in [-0.39, 0.29) is 0 Å². The molecule has 17 heavy (non-hydrogen) atoms. The van der Waals surface area contributed by atoms with Crippen LogP contribution in [0.15, 0.2) is 29.6 Å². The minimum absolute atomic E-state index is 0.331. The van der Waals surface area contributed by atoms with Crippen LogP contribution in [0, 0.1) is 6.92 Å². The molecule has 2 aromatic rings. The van der Waals surface area contributed by atoms with Crippen LogP contribution in [-0.4, -0.2) is 18.2 Å². The van der Waals surface area contributed by atoms with E-state index in [4.69, 9.17) is 9.84 Å². The van der Waals surface area contributed by atoms with Crippen LogP contribution >= 0.6 is 11.3 Å². The van der Waals surface area contributed by atoms with Gasteiger partial charge in [-0.2, -0.15) is 0 Å². The van der Waals surface area contributed by atoms with Gasteiger partial charge in [-0.15, -0.1) is 11.3 Å². The Labute approximate surface area is 103 Å². The van der Waals surface area contributed by atoms with E-state index in [2.05, 4.69) is 0 Å². The van der Waals surface area contributed by atoms with Gasteiger partial charge in [0.15, 0.2) is 0 Å². The molecule has 0 saturated carbocycles. The van der Waals surface area contributed by atoms with Crippen molar-refractivity contribution < 1.29 is 14.6 Å². The molecule has 0 atom stereocenters. The first-order chi connectivity index (χ1) is 8.15. The van der Waals surface area contributed by atoms with Crippen molar-refractivity contribution >= 4 is 17.3 Å². The Balaban J connectivity index is 2.67. The molecule has 1 aromatic heterocycles. The summed E-state index contributed by atoms with van der Waals surface area (Å²) < 4.78 is 5.27. The molecule has 4 heteroatoms. The predicted octanol–water partition coefficient (Wildman–Crippen LogP) is 3.43. The summed E-state index contributed by atoms with van der Waals surface area (Å²) >= 11 is 1.44. The van der Waals surface area contributed by atoms with Gasteiger partial charge >= 0.3 is 5.97 Å². The Morgan fingerprint density at radius 2 is 2.06 bits per heavy atom. The number of carbonyl (C=O) groups is 1. The van der Waals surface area contributed by atoms with Crippen molar-refractivity contribution in [3.05, 3.63) is 40.1 Å². The third-order valence-electron chi connectivity index (χ3n) is 2.58. The molecule has 0 aliphatic rings. The van der Waals surface area contributed by atoms with Gasteiger partial charge in [-0.05, 0) is 13.0 Å². The van der Waals surface area contributed by atoms with Gasteiger partial charge < -0.3 is 9.84 Å². The number of carboxylic acids is 1. The maximum Gasteiger partial charge on any atom is 0.337 e. The molecule has 0 unspecified atom stereocenters. The van der Waals surface area contributed by atoms with Crippen molar-refractivity contribution in [1.29, 1.82) is 0 Å². The lowest BCUT2D eigenvalue weighted by atomic mass is 10.0. The Hall–Kier alpha value is -1.81. The zero-order valence-corrected chi connectivity index (χ0v) is 10.4. The molecule has 1 aromatic carbocycles. The molecular formula is C13H12O3S. The van der Waals surface area contributed by atoms with Gasteiger partial charge in [0.25, 0.3) is 0 Å². The minimum atomic E-state index is -0.907. The van der Waals surface area contributed by atoms with Gasteiger partial charge in [-0.3, -0.25) is 0 Å². The highest BCUT2D eigenvalue weighted by molar-refractivity contribution is 7.10. The van der Waals surface area contributed by atoms with Crippen molar-refractivity contribution in [2.75, 3.05) is 7.11 Å². The summed E-state index contributed by atoms with van der Waals surface area (Å²) in [5.41, 5.74) is 1.91. The summed E-state index contributed by atoms with van der Waals surface area (Å²) in [7, 11) is 1.58. The Morgan fingerprint density at radius 3 is 2.71 bits per heavy atom. The normalized spacial score (nSPS) is 10.2. The first-order valence-electron chi connectivity index (χ1n) is 5.10. The molecular weight excluding hydrogens is 236 g/mol. The smallest absolute Gasteiger partial charge is 0.337 e. The molecule has 0 amide bonds. The number of aromatic carboxylic acids is 1. The van der Waals surface area contributed by atoms with Gasteiger partial charge in [0.2, 0.25) is 0 Å². The number of thiophene rings is 1. The topological polar surface area (TPSA) is 46.5 Å². The number of ether oxygens (including phenoxy) is 1. The molecule has 0 spiro atoms. The van der Waals surface area contributed by atoms with Crippen molar-refractivity contribution in [2.24, 2.45) is 0 Å². The summed E-state index contributed by atoms with van der Waals surface area (Å²) in [5.74, 6) is -0.216. The summed E-state index contributed by atoms with van der Waals surface area (Å²) in [6.07, 6.45) is 0. The van der Waals surface area contributed by atoms with Gasteiger partial charge in [-0.25, -0.2) is 4.79 Å². The van der Waals surface area contributed by atoms with E-state index in [1.54, 1.807) is 12.5 Å². The van der Waals surface area contributed by atoms with Crippen molar-refractivity contribution in [3.8, 4) is 16.9 Å². The van der Waals surface area contributed by atoms with Gasteiger partial charge in [0.05, 0.1) is 12.7 Å². The monoisotopic (exact) mass is 248 g/mol. The molecule has 1 heterocycles. The van der Waals surface area contributed by atoms with E-state index >= 15 is 0 Å². The molecule has 88 valence electrons. The van der Waals surface area contributed by atoms with Gasteiger partial charge in [-0.1, -0.05) is 18.2 Å². The van der Waals surface area contributed by atoms with Crippen LogP contribution < -0.4 is 4.74 Å². The van der Waals surface area contributed by atoms with Gasteiger partial charge in [0, 0.05) is 21.4 Å². The summed E-state index contributed by atoms with van der Waals surface area (Å²) in [4.78, 5) is 12.2. The number of carboxylic acid groups (broad SMARTS) is 1. The maximum atomic E-state index is 11.2. The molecule has 0 aliphatic carbocycles. The van der Waals surface area contributed by atoms with Crippen LogP contribution in [0.4, 0.5) is 0 Å². The van der Waals surface area contributed by atoms with E-state index in [0.29, 0.717) is 11.3 Å². The molecule has 1 N–H and O–H groups in total. The van der Waals surface area contributed by atoms with Crippen molar-refractivity contribution in [1.82, 2.24) is 0 Å². The standard InChI is InChI=1S/C13H12O3S/c1-8-12(10(7-17-8)13(14)15)9-5-3-4-6-11(9)16-2/h3-7H,1-2H3,(H,14,15). The third-order valence-corrected chi connectivity index (χ3v) is 3.49. The zero-order valence-electron chi connectivity index (χ0n) is 9.56.